The Labute approximate surface area is 103 Å². The van der Waals surface area contributed by atoms with Crippen LogP contribution in [-0.2, 0) is 0 Å². The first-order valence-corrected chi connectivity index (χ1v) is 6.42. The first-order chi connectivity index (χ1) is 8.02. The second-order valence-electron chi connectivity index (χ2n) is 5.69. The van der Waals surface area contributed by atoms with E-state index < -0.39 is 0 Å². The SMILES string of the molecule is Cc1cnn(C(C)CC(C)(CO)NC2CC2)c1. The van der Waals surface area contributed by atoms with E-state index in [9.17, 15) is 5.11 Å². The summed E-state index contributed by atoms with van der Waals surface area (Å²) in [6, 6.07) is 0.908. The normalized spacial score (nSPS) is 21.2. The van der Waals surface area contributed by atoms with Crippen molar-refractivity contribution < 1.29 is 5.11 Å². The lowest BCUT2D eigenvalue weighted by Gasteiger charge is -2.32. The van der Waals surface area contributed by atoms with Crippen LogP contribution in [0.15, 0.2) is 12.4 Å². The van der Waals surface area contributed by atoms with Gasteiger partial charge in [-0.05, 0) is 45.6 Å². The molecule has 2 rings (SSSR count). The lowest BCUT2D eigenvalue weighted by molar-refractivity contribution is 0.147. The van der Waals surface area contributed by atoms with Crippen LogP contribution in [0.2, 0.25) is 0 Å². The highest BCUT2D eigenvalue weighted by Crippen LogP contribution is 2.27. The number of aliphatic hydroxyl groups is 1. The van der Waals surface area contributed by atoms with Gasteiger partial charge in [0.2, 0.25) is 0 Å². The third kappa shape index (κ3) is 3.30. The van der Waals surface area contributed by atoms with Gasteiger partial charge in [-0.15, -0.1) is 0 Å². The summed E-state index contributed by atoms with van der Waals surface area (Å²) in [4.78, 5) is 0. The van der Waals surface area contributed by atoms with Crippen LogP contribution in [0.1, 0.15) is 44.7 Å². The summed E-state index contributed by atoms with van der Waals surface area (Å²) in [5.74, 6) is 0. The Morgan fingerprint density at radius 2 is 2.35 bits per heavy atom. The Hall–Kier alpha value is -0.870. The van der Waals surface area contributed by atoms with Gasteiger partial charge in [0.1, 0.15) is 0 Å². The molecule has 2 unspecified atom stereocenters. The van der Waals surface area contributed by atoms with Crippen molar-refractivity contribution in [3.63, 3.8) is 0 Å². The van der Waals surface area contributed by atoms with Gasteiger partial charge >= 0.3 is 0 Å². The zero-order valence-electron chi connectivity index (χ0n) is 11.0. The van der Waals surface area contributed by atoms with Gasteiger partial charge in [0.15, 0.2) is 0 Å². The number of nitrogens with zero attached hydrogens (tertiary/aromatic N) is 2. The van der Waals surface area contributed by atoms with Gasteiger partial charge in [0.05, 0.1) is 18.8 Å². The predicted octanol–water partition coefficient (Wildman–Crippen LogP) is 1.65. The van der Waals surface area contributed by atoms with Crippen LogP contribution in [0, 0.1) is 6.92 Å². The fourth-order valence-electron chi connectivity index (χ4n) is 2.31. The Morgan fingerprint density at radius 1 is 1.65 bits per heavy atom. The fraction of sp³-hybridized carbons (Fsp3) is 0.769. The topological polar surface area (TPSA) is 50.1 Å². The van der Waals surface area contributed by atoms with E-state index in [1.54, 1.807) is 0 Å². The minimum absolute atomic E-state index is 0.175. The van der Waals surface area contributed by atoms with Crippen molar-refractivity contribution in [2.24, 2.45) is 0 Å². The van der Waals surface area contributed by atoms with E-state index in [-0.39, 0.29) is 12.1 Å². The molecule has 1 fully saturated rings. The van der Waals surface area contributed by atoms with Gasteiger partial charge in [0, 0.05) is 17.8 Å². The minimum atomic E-state index is -0.194. The maximum Gasteiger partial charge on any atom is 0.0611 e. The number of aliphatic hydroxyl groups excluding tert-OH is 1. The van der Waals surface area contributed by atoms with Gasteiger partial charge in [-0.25, -0.2) is 0 Å². The number of hydrogen-bond donors (Lipinski definition) is 2. The maximum atomic E-state index is 9.57. The molecule has 1 saturated carbocycles. The van der Waals surface area contributed by atoms with Crippen molar-refractivity contribution in [2.45, 2.75) is 57.7 Å². The van der Waals surface area contributed by atoms with Crippen molar-refractivity contribution in [1.82, 2.24) is 15.1 Å². The number of hydrogen-bond acceptors (Lipinski definition) is 3. The molecule has 1 aromatic rings. The molecule has 0 saturated heterocycles. The van der Waals surface area contributed by atoms with E-state index >= 15 is 0 Å². The molecule has 0 bridgehead atoms. The van der Waals surface area contributed by atoms with Gasteiger partial charge in [-0.3, -0.25) is 4.68 Å². The first kappa shape index (κ1) is 12.6. The number of rotatable bonds is 6. The smallest absolute Gasteiger partial charge is 0.0611 e. The van der Waals surface area contributed by atoms with Crippen LogP contribution >= 0.6 is 0 Å². The molecule has 4 nitrogen and oxygen atoms in total. The second kappa shape index (κ2) is 4.78. The number of aryl methyl sites for hydroxylation is 1. The molecule has 0 radical (unpaired) electrons. The van der Waals surface area contributed by atoms with Crippen LogP contribution in [0.25, 0.3) is 0 Å². The summed E-state index contributed by atoms with van der Waals surface area (Å²) in [7, 11) is 0. The zero-order chi connectivity index (χ0) is 12.5. The quantitative estimate of drug-likeness (QED) is 0.791. The highest BCUT2D eigenvalue weighted by Gasteiger charge is 2.33. The summed E-state index contributed by atoms with van der Waals surface area (Å²) in [5, 5.41) is 17.4. The van der Waals surface area contributed by atoms with Gasteiger partial charge in [0.25, 0.3) is 0 Å². The van der Waals surface area contributed by atoms with Crippen LogP contribution in [0.3, 0.4) is 0 Å². The standard InChI is InChI=1S/C13H23N3O/c1-10-7-14-16(8-10)11(2)6-13(3,9-17)15-12-4-5-12/h7-8,11-12,15,17H,4-6,9H2,1-3H3. The first-order valence-electron chi connectivity index (χ1n) is 6.42. The van der Waals surface area contributed by atoms with Crippen LogP contribution in [0.5, 0.6) is 0 Å². The van der Waals surface area contributed by atoms with Crippen molar-refractivity contribution in [1.29, 1.82) is 0 Å². The lowest BCUT2D eigenvalue weighted by Crippen LogP contribution is -2.48. The van der Waals surface area contributed by atoms with Crippen LogP contribution in [0.4, 0.5) is 0 Å². The molecule has 0 aliphatic heterocycles. The van der Waals surface area contributed by atoms with Gasteiger partial charge in [-0.1, -0.05) is 0 Å². The highest BCUT2D eigenvalue weighted by atomic mass is 16.3. The third-order valence-electron chi connectivity index (χ3n) is 3.41. The molecule has 96 valence electrons. The molecule has 0 aromatic carbocycles. The van der Waals surface area contributed by atoms with E-state index in [0.717, 1.165) is 6.42 Å². The monoisotopic (exact) mass is 237 g/mol. The van der Waals surface area contributed by atoms with Crippen molar-refractivity contribution in [3.8, 4) is 0 Å². The molecule has 1 aromatic heterocycles. The number of aromatic nitrogens is 2. The Balaban J connectivity index is 1.97. The van der Waals surface area contributed by atoms with E-state index in [1.165, 1.54) is 18.4 Å². The fourth-order valence-corrected chi connectivity index (χ4v) is 2.31. The van der Waals surface area contributed by atoms with E-state index in [1.807, 2.05) is 17.8 Å². The number of nitrogens with one attached hydrogen (secondary N) is 1. The Kier molecular flexibility index (Phi) is 3.54. The van der Waals surface area contributed by atoms with Crippen molar-refractivity contribution in [3.05, 3.63) is 18.0 Å². The zero-order valence-corrected chi connectivity index (χ0v) is 11.0. The summed E-state index contributed by atoms with van der Waals surface area (Å²) in [6.45, 7) is 6.46. The lowest BCUT2D eigenvalue weighted by atomic mass is 9.94. The molecule has 1 heterocycles. The largest absolute Gasteiger partial charge is 0.394 e. The molecular weight excluding hydrogens is 214 g/mol. The van der Waals surface area contributed by atoms with Crippen LogP contribution in [-0.4, -0.2) is 33.1 Å². The van der Waals surface area contributed by atoms with Crippen LogP contribution < -0.4 is 5.32 Å². The Bertz CT molecular complexity index is 372. The molecule has 1 aliphatic carbocycles. The average Bonchev–Trinajstić information content (AvgIpc) is 2.97. The molecule has 2 atom stereocenters. The summed E-state index contributed by atoms with van der Waals surface area (Å²) in [5.41, 5.74) is 0.984. The molecule has 0 spiro atoms. The summed E-state index contributed by atoms with van der Waals surface area (Å²) >= 11 is 0. The van der Waals surface area contributed by atoms with E-state index in [4.69, 9.17) is 0 Å². The van der Waals surface area contributed by atoms with Gasteiger partial charge in [-0.2, -0.15) is 5.10 Å². The highest BCUT2D eigenvalue weighted by molar-refractivity contribution is 5.01. The second-order valence-corrected chi connectivity index (χ2v) is 5.69. The third-order valence-corrected chi connectivity index (χ3v) is 3.41. The summed E-state index contributed by atoms with van der Waals surface area (Å²) < 4.78 is 1.98. The van der Waals surface area contributed by atoms with Gasteiger partial charge < -0.3 is 10.4 Å². The molecule has 4 heteroatoms. The molecule has 1 aliphatic rings. The molecule has 17 heavy (non-hydrogen) atoms. The Morgan fingerprint density at radius 3 is 2.82 bits per heavy atom. The molecular formula is C13H23N3O. The summed E-state index contributed by atoms with van der Waals surface area (Å²) in [6.07, 6.45) is 7.30. The minimum Gasteiger partial charge on any atom is -0.394 e. The van der Waals surface area contributed by atoms with Crippen molar-refractivity contribution in [2.75, 3.05) is 6.61 Å². The molecule has 0 amide bonds. The predicted molar refractivity (Wildman–Crippen MR) is 67.9 cm³/mol. The molecule has 2 N–H and O–H groups in total. The van der Waals surface area contributed by atoms with E-state index in [2.05, 4.69) is 30.5 Å². The van der Waals surface area contributed by atoms with Crippen molar-refractivity contribution >= 4 is 0 Å². The maximum absolute atomic E-state index is 9.57. The average molecular weight is 237 g/mol. The van der Waals surface area contributed by atoms with E-state index in [0.29, 0.717) is 12.1 Å².